The lowest BCUT2D eigenvalue weighted by molar-refractivity contribution is -0.116. The highest BCUT2D eigenvalue weighted by Gasteiger charge is 2.02. The Labute approximate surface area is 66.1 Å². The fourth-order valence-corrected chi connectivity index (χ4v) is 0.973. The molecule has 0 aromatic carbocycles. The summed E-state index contributed by atoms with van der Waals surface area (Å²) in [6.45, 7) is 3.49. The van der Waals surface area contributed by atoms with Crippen LogP contribution in [0.3, 0.4) is 0 Å². The van der Waals surface area contributed by atoms with E-state index in [9.17, 15) is 4.79 Å². The van der Waals surface area contributed by atoms with Gasteiger partial charge in [-0.25, -0.2) is 4.98 Å². The number of rotatable bonds is 2. The van der Waals surface area contributed by atoms with Gasteiger partial charge in [0, 0.05) is 19.7 Å². The van der Waals surface area contributed by atoms with Gasteiger partial charge in [-0.1, -0.05) is 0 Å². The van der Waals surface area contributed by atoms with E-state index >= 15 is 0 Å². The van der Waals surface area contributed by atoms with Gasteiger partial charge < -0.3 is 4.57 Å². The number of imidazole rings is 1. The van der Waals surface area contributed by atoms with Crippen LogP contribution in [-0.4, -0.2) is 15.3 Å². The molecule has 0 atom stereocenters. The zero-order valence-corrected chi connectivity index (χ0v) is 7.09. The lowest BCUT2D eigenvalue weighted by Gasteiger charge is -1.87. The first-order chi connectivity index (χ1) is 5.09. The van der Waals surface area contributed by atoms with Crippen LogP contribution in [0.15, 0.2) is 6.20 Å². The van der Waals surface area contributed by atoms with Crippen molar-refractivity contribution in [3.05, 3.63) is 17.7 Å². The first-order valence-electron chi connectivity index (χ1n) is 3.58. The third kappa shape index (κ3) is 1.90. The molecule has 0 N–H and O–H groups in total. The van der Waals surface area contributed by atoms with Crippen LogP contribution in [0.1, 0.15) is 18.4 Å². The maximum atomic E-state index is 10.7. The highest BCUT2D eigenvalue weighted by molar-refractivity contribution is 5.77. The highest BCUT2D eigenvalue weighted by atomic mass is 16.1. The fourth-order valence-electron chi connectivity index (χ4n) is 0.973. The van der Waals surface area contributed by atoms with E-state index in [-0.39, 0.29) is 5.78 Å². The summed E-state index contributed by atoms with van der Waals surface area (Å²) >= 11 is 0. The largest absolute Gasteiger partial charge is 0.338 e. The van der Waals surface area contributed by atoms with Crippen LogP contribution in [0.25, 0.3) is 0 Å². The lowest BCUT2D eigenvalue weighted by Crippen LogP contribution is -1.95. The molecule has 0 bridgehead atoms. The number of carbonyl (C=O) groups is 1. The van der Waals surface area contributed by atoms with Crippen molar-refractivity contribution in [3.8, 4) is 0 Å². The normalized spacial score (nSPS) is 10.1. The van der Waals surface area contributed by atoms with Crippen molar-refractivity contribution >= 4 is 5.78 Å². The predicted octanol–water partition coefficient (Wildman–Crippen LogP) is 0.860. The van der Waals surface area contributed by atoms with E-state index < -0.39 is 0 Å². The second kappa shape index (κ2) is 2.86. The summed E-state index contributed by atoms with van der Waals surface area (Å²) in [5.74, 6) is 1.10. The van der Waals surface area contributed by atoms with Gasteiger partial charge >= 0.3 is 0 Å². The zero-order valence-electron chi connectivity index (χ0n) is 7.09. The van der Waals surface area contributed by atoms with Crippen LogP contribution in [0.4, 0.5) is 0 Å². The predicted molar refractivity (Wildman–Crippen MR) is 42.3 cm³/mol. The highest BCUT2D eigenvalue weighted by Crippen LogP contribution is 2.00. The van der Waals surface area contributed by atoms with Crippen LogP contribution in [0.5, 0.6) is 0 Å². The third-order valence-corrected chi connectivity index (χ3v) is 1.59. The molecule has 1 rings (SSSR count). The standard InChI is InChI=1S/C8H12N2O/c1-6(11)4-8-5-10(3)7(2)9-8/h5H,4H2,1-3H3. The molecule has 0 radical (unpaired) electrons. The van der Waals surface area contributed by atoms with Crippen LogP contribution in [-0.2, 0) is 18.3 Å². The Bertz CT molecular complexity index is 256. The average Bonchev–Trinajstić information content (AvgIpc) is 2.10. The maximum Gasteiger partial charge on any atom is 0.135 e. The lowest BCUT2D eigenvalue weighted by atomic mass is 10.2. The molecule has 0 unspecified atom stereocenters. The molecule has 1 aromatic heterocycles. The summed E-state index contributed by atoms with van der Waals surface area (Å²) in [7, 11) is 1.92. The fraction of sp³-hybridized carbons (Fsp3) is 0.500. The van der Waals surface area contributed by atoms with Crippen molar-refractivity contribution in [3.63, 3.8) is 0 Å². The summed E-state index contributed by atoms with van der Waals surface area (Å²) in [4.78, 5) is 14.9. The summed E-state index contributed by atoms with van der Waals surface area (Å²) in [6.07, 6.45) is 2.33. The van der Waals surface area contributed by atoms with Gasteiger partial charge in [-0.3, -0.25) is 4.79 Å². The van der Waals surface area contributed by atoms with Crippen LogP contribution >= 0.6 is 0 Å². The summed E-state index contributed by atoms with van der Waals surface area (Å²) < 4.78 is 1.91. The number of hydrogen-bond acceptors (Lipinski definition) is 2. The van der Waals surface area contributed by atoms with Gasteiger partial charge in [0.25, 0.3) is 0 Å². The monoisotopic (exact) mass is 152 g/mol. The number of ketones is 1. The van der Waals surface area contributed by atoms with Crippen molar-refractivity contribution in [2.24, 2.45) is 7.05 Å². The molecule has 1 heterocycles. The summed E-state index contributed by atoms with van der Waals surface area (Å²) in [6, 6.07) is 0. The molecule has 0 saturated heterocycles. The van der Waals surface area contributed by atoms with E-state index in [0.29, 0.717) is 6.42 Å². The summed E-state index contributed by atoms with van der Waals surface area (Å²) in [5, 5.41) is 0. The van der Waals surface area contributed by atoms with Gasteiger partial charge in [0.1, 0.15) is 11.6 Å². The maximum absolute atomic E-state index is 10.7. The van der Waals surface area contributed by atoms with Crippen molar-refractivity contribution in [1.29, 1.82) is 0 Å². The Balaban J connectivity index is 2.81. The minimum Gasteiger partial charge on any atom is -0.338 e. The van der Waals surface area contributed by atoms with Gasteiger partial charge in [0.2, 0.25) is 0 Å². The SMILES string of the molecule is CC(=O)Cc1cn(C)c(C)n1. The molecule has 11 heavy (non-hydrogen) atoms. The van der Waals surface area contributed by atoms with Crippen molar-refractivity contribution < 1.29 is 4.79 Å². The van der Waals surface area contributed by atoms with Crippen LogP contribution in [0, 0.1) is 6.92 Å². The number of aromatic nitrogens is 2. The van der Waals surface area contributed by atoms with Gasteiger partial charge in [-0.15, -0.1) is 0 Å². The minimum atomic E-state index is 0.156. The van der Waals surface area contributed by atoms with Gasteiger partial charge in [0.15, 0.2) is 0 Å². The second-order valence-corrected chi connectivity index (χ2v) is 2.77. The smallest absolute Gasteiger partial charge is 0.135 e. The van der Waals surface area contributed by atoms with Crippen molar-refractivity contribution in [2.75, 3.05) is 0 Å². The topological polar surface area (TPSA) is 34.9 Å². The van der Waals surface area contributed by atoms with Crippen LogP contribution < -0.4 is 0 Å². The molecule has 0 aliphatic rings. The second-order valence-electron chi connectivity index (χ2n) is 2.77. The molecule has 0 spiro atoms. The van der Waals surface area contributed by atoms with E-state index in [1.165, 1.54) is 0 Å². The van der Waals surface area contributed by atoms with Gasteiger partial charge in [0.05, 0.1) is 5.69 Å². The molecular formula is C8H12N2O. The number of nitrogens with zero attached hydrogens (tertiary/aromatic N) is 2. The first kappa shape index (κ1) is 7.98. The molecule has 60 valence electrons. The Morgan fingerprint density at radius 3 is 2.73 bits per heavy atom. The van der Waals surface area contributed by atoms with E-state index in [2.05, 4.69) is 4.98 Å². The molecule has 3 nitrogen and oxygen atoms in total. The summed E-state index contributed by atoms with van der Waals surface area (Å²) in [5.41, 5.74) is 0.859. The molecule has 3 heteroatoms. The quantitative estimate of drug-likeness (QED) is 0.630. The minimum absolute atomic E-state index is 0.156. The van der Waals surface area contributed by atoms with E-state index in [1.54, 1.807) is 6.92 Å². The van der Waals surface area contributed by atoms with E-state index in [1.807, 2.05) is 24.7 Å². The number of hydrogen-bond donors (Lipinski definition) is 0. The van der Waals surface area contributed by atoms with Gasteiger partial charge in [-0.2, -0.15) is 0 Å². The van der Waals surface area contributed by atoms with E-state index in [0.717, 1.165) is 11.5 Å². The van der Waals surface area contributed by atoms with Crippen molar-refractivity contribution in [1.82, 2.24) is 9.55 Å². The molecule has 0 fully saturated rings. The Kier molecular flexibility index (Phi) is 2.08. The number of carbonyl (C=O) groups excluding carboxylic acids is 1. The molecule has 0 amide bonds. The molecule has 1 aromatic rings. The Morgan fingerprint density at radius 1 is 1.73 bits per heavy atom. The number of Topliss-reactive ketones (excluding diaryl/α,β-unsaturated/α-hetero) is 1. The molecule has 0 aliphatic carbocycles. The Morgan fingerprint density at radius 2 is 2.36 bits per heavy atom. The molecular weight excluding hydrogens is 140 g/mol. The number of aryl methyl sites for hydroxylation is 2. The van der Waals surface area contributed by atoms with Gasteiger partial charge in [-0.05, 0) is 13.8 Å². The Hall–Kier alpha value is -1.12. The third-order valence-electron chi connectivity index (χ3n) is 1.59. The van der Waals surface area contributed by atoms with Crippen LogP contribution in [0.2, 0.25) is 0 Å². The molecule has 0 saturated carbocycles. The van der Waals surface area contributed by atoms with E-state index in [4.69, 9.17) is 0 Å². The average molecular weight is 152 g/mol. The zero-order chi connectivity index (χ0) is 8.43. The first-order valence-corrected chi connectivity index (χ1v) is 3.58. The molecule has 0 aliphatic heterocycles. The van der Waals surface area contributed by atoms with Crippen molar-refractivity contribution in [2.45, 2.75) is 20.3 Å².